The van der Waals surface area contributed by atoms with Crippen molar-refractivity contribution in [2.45, 2.75) is 335 Å². The van der Waals surface area contributed by atoms with Crippen molar-refractivity contribution in [2.24, 2.45) is 0 Å². The second kappa shape index (κ2) is 63.4. The molecule has 0 saturated heterocycles. The fourth-order valence-corrected chi connectivity index (χ4v) is 9.31. The van der Waals surface area contributed by atoms with Crippen LogP contribution in [0, 0.1) is 0 Å². The van der Waals surface area contributed by atoms with E-state index in [1.807, 2.05) is 0 Å². The van der Waals surface area contributed by atoms with Gasteiger partial charge in [0.2, 0.25) is 0 Å². The van der Waals surface area contributed by atoms with Crippen molar-refractivity contribution >= 4 is 17.9 Å². The summed E-state index contributed by atoms with van der Waals surface area (Å²) < 4.78 is 16.9. The molecule has 0 aromatic carbocycles. The number of ether oxygens (including phenoxy) is 3. The first-order valence-electron chi connectivity index (χ1n) is 32.4. The van der Waals surface area contributed by atoms with Crippen LogP contribution in [-0.4, -0.2) is 37.2 Å². The molecule has 0 aromatic rings. The van der Waals surface area contributed by atoms with Gasteiger partial charge < -0.3 is 14.2 Å². The molecule has 0 bridgehead atoms. The summed E-state index contributed by atoms with van der Waals surface area (Å²) >= 11 is 0. The molecule has 1 unspecified atom stereocenters. The van der Waals surface area contributed by atoms with Crippen LogP contribution in [0.15, 0.2) is 72.9 Å². The minimum atomic E-state index is -0.781. The lowest BCUT2D eigenvalue weighted by atomic mass is 10.0. The van der Waals surface area contributed by atoms with E-state index in [0.717, 1.165) is 89.9 Å². The summed E-state index contributed by atoms with van der Waals surface area (Å²) in [5, 5.41) is 0. The Morgan fingerprint density at radius 1 is 0.280 bits per heavy atom. The lowest BCUT2D eigenvalue weighted by Gasteiger charge is -2.18. The number of carbonyl (C=O) groups excluding carboxylic acids is 3. The number of esters is 3. The van der Waals surface area contributed by atoms with Gasteiger partial charge in [-0.15, -0.1) is 0 Å². The van der Waals surface area contributed by atoms with Gasteiger partial charge in [0.15, 0.2) is 6.10 Å². The molecule has 0 rings (SSSR count). The van der Waals surface area contributed by atoms with Crippen LogP contribution in [0.4, 0.5) is 0 Å². The summed E-state index contributed by atoms with van der Waals surface area (Å²) in [7, 11) is 0. The van der Waals surface area contributed by atoms with Crippen LogP contribution in [0.3, 0.4) is 0 Å². The van der Waals surface area contributed by atoms with E-state index in [-0.39, 0.29) is 31.1 Å². The number of allylic oxidation sites excluding steroid dienone is 12. The van der Waals surface area contributed by atoms with Gasteiger partial charge in [-0.1, -0.05) is 273 Å². The van der Waals surface area contributed by atoms with Crippen LogP contribution in [0.1, 0.15) is 329 Å². The molecule has 6 heteroatoms. The van der Waals surface area contributed by atoms with E-state index in [9.17, 15) is 14.4 Å². The van der Waals surface area contributed by atoms with E-state index in [0.29, 0.717) is 19.3 Å². The maximum absolute atomic E-state index is 12.9. The normalized spacial score (nSPS) is 12.5. The minimum absolute atomic E-state index is 0.0776. The summed E-state index contributed by atoms with van der Waals surface area (Å²) in [4.78, 5) is 38.3. The molecule has 0 heterocycles. The predicted molar refractivity (Wildman–Crippen MR) is 325 cm³/mol. The van der Waals surface area contributed by atoms with Crippen molar-refractivity contribution in [2.75, 3.05) is 13.2 Å². The lowest BCUT2D eigenvalue weighted by molar-refractivity contribution is -0.167. The molecule has 0 spiro atoms. The van der Waals surface area contributed by atoms with E-state index < -0.39 is 6.10 Å². The molecule has 0 fully saturated rings. The van der Waals surface area contributed by atoms with Crippen molar-refractivity contribution in [3.05, 3.63) is 72.9 Å². The van der Waals surface area contributed by atoms with Crippen molar-refractivity contribution < 1.29 is 28.6 Å². The molecule has 0 aliphatic carbocycles. The van der Waals surface area contributed by atoms with Gasteiger partial charge in [0.1, 0.15) is 13.2 Å². The Labute approximate surface area is 465 Å². The molecule has 0 aromatic heterocycles. The number of hydrogen-bond donors (Lipinski definition) is 0. The average molecular weight is 1050 g/mol. The van der Waals surface area contributed by atoms with Crippen LogP contribution in [0.2, 0.25) is 0 Å². The Hall–Kier alpha value is -3.15. The zero-order valence-corrected chi connectivity index (χ0v) is 49.8. The second-order valence-electron chi connectivity index (χ2n) is 21.6. The molecule has 0 aliphatic heterocycles. The van der Waals surface area contributed by atoms with Gasteiger partial charge in [0.05, 0.1) is 0 Å². The van der Waals surface area contributed by atoms with Crippen LogP contribution in [-0.2, 0) is 28.6 Å². The maximum atomic E-state index is 12.9. The van der Waals surface area contributed by atoms with Crippen molar-refractivity contribution in [3.8, 4) is 0 Å². The number of carbonyl (C=O) groups is 3. The van der Waals surface area contributed by atoms with Crippen LogP contribution in [0.25, 0.3) is 0 Å². The van der Waals surface area contributed by atoms with E-state index in [1.54, 1.807) is 0 Å². The first-order valence-corrected chi connectivity index (χ1v) is 32.4. The third kappa shape index (κ3) is 61.6. The van der Waals surface area contributed by atoms with Crippen molar-refractivity contribution in [3.63, 3.8) is 0 Å². The molecule has 1 atom stereocenters. The summed E-state index contributed by atoms with van der Waals surface area (Å²) in [5.74, 6) is -0.875. The molecule has 0 aliphatic rings. The fraction of sp³-hybridized carbons (Fsp3) is 0.783. The number of rotatable bonds is 59. The maximum Gasteiger partial charge on any atom is 0.306 e. The topological polar surface area (TPSA) is 78.9 Å². The first-order chi connectivity index (χ1) is 37.0. The highest BCUT2D eigenvalue weighted by Crippen LogP contribution is 2.17. The second-order valence-corrected chi connectivity index (χ2v) is 21.6. The monoisotopic (exact) mass is 1050 g/mol. The van der Waals surface area contributed by atoms with Crippen LogP contribution >= 0.6 is 0 Å². The van der Waals surface area contributed by atoms with E-state index in [1.165, 1.54) is 199 Å². The van der Waals surface area contributed by atoms with E-state index in [2.05, 4.69) is 93.7 Å². The van der Waals surface area contributed by atoms with Gasteiger partial charge in [-0.3, -0.25) is 14.4 Å². The number of hydrogen-bond acceptors (Lipinski definition) is 6. The van der Waals surface area contributed by atoms with E-state index >= 15 is 0 Å². The summed E-state index contributed by atoms with van der Waals surface area (Å²) in [6.45, 7) is 6.54. The zero-order valence-electron chi connectivity index (χ0n) is 49.8. The largest absolute Gasteiger partial charge is 0.462 e. The van der Waals surface area contributed by atoms with Gasteiger partial charge in [-0.2, -0.15) is 0 Å². The quantitative estimate of drug-likeness (QED) is 0.0261. The average Bonchev–Trinajstić information content (AvgIpc) is 3.41. The van der Waals surface area contributed by atoms with Gasteiger partial charge in [0.25, 0.3) is 0 Å². The van der Waals surface area contributed by atoms with Gasteiger partial charge in [0, 0.05) is 19.3 Å². The van der Waals surface area contributed by atoms with E-state index in [4.69, 9.17) is 14.2 Å². The lowest BCUT2D eigenvalue weighted by Crippen LogP contribution is -2.30. The Bertz CT molecular complexity index is 1390. The molecule has 0 amide bonds. The summed E-state index contributed by atoms with van der Waals surface area (Å²) in [6, 6.07) is 0. The van der Waals surface area contributed by atoms with Gasteiger partial charge >= 0.3 is 17.9 Å². The molecule has 75 heavy (non-hydrogen) atoms. The van der Waals surface area contributed by atoms with Crippen molar-refractivity contribution in [1.29, 1.82) is 0 Å². The highest BCUT2D eigenvalue weighted by atomic mass is 16.6. The van der Waals surface area contributed by atoms with Gasteiger partial charge in [-0.05, 0) is 109 Å². The molecule has 0 radical (unpaired) electrons. The molecule has 0 saturated carbocycles. The molecule has 434 valence electrons. The Morgan fingerprint density at radius 2 is 0.520 bits per heavy atom. The highest BCUT2D eigenvalue weighted by molar-refractivity contribution is 5.71. The summed E-state index contributed by atoms with van der Waals surface area (Å²) in [5.41, 5.74) is 0. The number of unbranched alkanes of at least 4 members (excludes halogenated alkanes) is 36. The van der Waals surface area contributed by atoms with Crippen LogP contribution in [0.5, 0.6) is 0 Å². The highest BCUT2D eigenvalue weighted by Gasteiger charge is 2.19. The fourth-order valence-electron chi connectivity index (χ4n) is 9.31. The predicted octanol–water partition coefficient (Wildman–Crippen LogP) is 22.1. The standard InChI is InChI=1S/C69H122O6/c1-4-7-10-13-16-19-22-25-27-29-31-32-33-34-35-36-38-39-41-44-47-50-53-56-59-62-68(71)74-65-66(64-73-67(70)61-58-55-52-49-46-43-24-21-18-15-12-9-6-3)75-69(72)63-60-57-54-51-48-45-42-40-37-30-28-26-23-20-17-14-11-8-5-2/h7,10,16,19,21,24-28,31-32,66H,4-6,8-9,11-15,17-18,20,22-23,29-30,33-65H2,1-3H3/b10-7-,19-16-,24-21-,27-25-,28-26-,32-31-. The molecular weight excluding hydrogens is 925 g/mol. The Morgan fingerprint density at radius 3 is 0.840 bits per heavy atom. The third-order valence-electron chi connectivity index (χ3n) is 14.2. The molecule has 0 N–H and O–H groups in total. The smallest absolute Gasteiger partial charge is 0.306 e. The molecule has 6 nitrogen and oxygen atoms in total. The first kappa shape index (κ1) is 71.8. The minimum Gasteiger partial charge on any atom is -0.462 e. The zero-order chi connectivity index (χ0) is 54.3. The summed E-state index contributed by atoms with van der Waals surface area (Å²) in [6.07, 6.45) is 81.9. The third-order valence-corrected chi connectivity index (χ3v) is 14.2. The van der Waals surface area contributed by atoms with Gasteiger partial charge in [-0.25, -0.2) is 0 Å². The molecular formula is C69H122O6. The van der Waals surface area contributed by atoms with Crippen LogP contribution < -0.4 is 0 Å². The SMILES string of the molecule is CC/C=C\C/C=C\C/C=C\C/C=C\CCCCCCCCCCCCCCC(=O)OCC(COC(=O)CCCCCCC/C=C\CCCCCC)OC(=O)CCCCCCCCCCC/C=C\CCCCCCCC. The Kier molecular flexibility index (Phi) is 60.7. The van der Waals surface area contributed by atoms with Crippen molar-refractivity contribution in [1.82, 2.24) is 0 Å². The Balaban J connectivity index is 4.29.